The standard InChI is InChI=1S/C16H14N6/c1-21-11-12(9-17-21)14-10-18-22-8-7-15(20-16(14)22)19-13-5-3-2-4-6-13/h2-11H,1H3,(H,19,20). The second kappa shape index (κ2) is 5.00. The molecule has 0 atom stereocenters. The molecule has 6 heteroatoms. The van der Waals surface area contributed by atoms with Crippen LogP contribution in [-0.4, -0.2) is 24.4 Å². The third-order valence-corrected chi connectivity index (χ3v) is 3.43. The highest BCUT2D eigenvalue weighted by molar-refractivity contribution is 5.77. The first kappa shape index (κ1) is 12.6. The Kier molecular flexibility index (Phi) is 2.86. The van der Waals surface area contributed by atoms with Gasteiger partial charge in [-0.25, -0.2) is 9.50 Å². The number of aryl methyl sites for hydroxylation is 1. The molecule has 4 rings (SSSR count). The van der Waals surface area contributed by atoms with Crippen molar-refractivity contribution >= 4 is 17.2 Å². The first-order valence-corrected chi connectivity index (χ1v) is 6.95. The van der Waals surface area contributed by atoms with Gasteiger partial charge in [-0.05, 0) is 18.2 Å². The van der Waals surface area contributed by atoms with Gasteiger partial charge in [-0.1, -0.05) is 18.2 Å². The molecule has 3 heterocycles. The lowest BCUT2D eigenvalue weighted by Gasteiger charge is -2.05. The fraction of sp³-hybridized carbons (Fsp3) is 0.0625. The molecule has 6 nitrogen and oxygen atoms in total. The maximum Gasteiger partial charge on any atom is 0.165 e. The fourth-order valence-electron chi connectivity index (χ4n) is 2.37. The molecule has 1 aromatic carbocycles. The predicted molar refractivity (Wildman–Crippen MR) is 84.9 cm³/mol. The third kappa shape index (κ3) is 2.20. The molecule has 4 aromatic rings. The fourth-order valence-corrected chi connectivity index (χ4v) is 2.37. The summed E-state index contributed by atoms with van der Waals surface area (Å²) in [7, 11) is 1.89. The van der Waals surface area contributed by atoms with Gasteiger partial charge in [-0.2, -0.15) is 10.2 Å². The first-order valence-electron chi connectivity index (χ1n) is 6.95. The number of benzene rings is 1. The van der Waals surface area contributed by atoms with E-state index in [1.165, 1.54) is 0 Å². The summed E-state index contributed by atoms with van der Waals surface area (Å²) in [6.45, 7) is 0. The van der Waals surface area contributed by atoms with Crippen LogP contribution in [0.5, 0.6) is 0 Å². The summed E-state index contributed by atoms with van der Waals surface area (Å²) in [5.41, 5.74) is 3.77. The smallest absolute Gasteiger partial charge is 0.165 e. The summed E-state index contributed by atoms with van der Waals surface area (Å²) in [4.78, 5) is 4.67. The number of nitrogens with zero attached hydrogens (tertiary/aromatic N) is 5. The van der Waals surface area contributed by atoms with E-state index in [9.17, 15) is 0 Å². The highest BCUT2D eigenvalue weighted by atomic mass is 15.3. The molecule has 0 aliphatic carbocycles. The summed E-state index contributed by atoms with van der Waals surface area (Å²) in [6, 6.07) is 11.9. The van der Waals surface area contributed by atoms with Crippen LogP contribution in [0.4, 0.5) is 11.5 Å². The van der Waals surface area contributed by atoms with Crippen LogP contribution in [0.25, 0.3) is 16.8 Å². The van der Waals surface area contributed by atoms with Crippen molar-refractivity contribution in [2.45, 2.75) is 0 Å². The van der Waals surface area contributed by atoms with Crippen molar-refractivity contribution in [3.8, 4) is 11.1 Å². The van der Waals surface area contributed by atoms with E-state index in [0.717, 1.165) is 28.3 Å². The Balaban J connectivity index is 1.76. The van der Waals surface area contributed by atoms with Gasteiger partial charge in [-0.15, -0.1) is 0 Å². The van der Waals surface area contributed by atoms with E-state index < -0.39 is 0 Å². The zero-order valence-corrected chi connectivity index (χ0v) is 12.0. The molecule has 0 spiro atoms. The molecule has 108 valence electrons. The number of nitrogens with one attached hydrogen (secondary N) is 1. The van der Waals surface area contributed by atoms with Crippen LogP contribution in [0.15, 0.2) is 61.2 Å². The largest absolute Gasteiger partial charge is 0.340 e. The van der Waals surface area contributed by atoms with Gasteiger partial charge in [0, 0.05) is 36.3 Å². The van der Waals surface area contributed by atoms with Gasteiger partial charge in [0.15, 0.2) is 5.65 Å². The van der Waals surface area contributed by atoms with Crippen molar-refractivity contribution in [3.05, 3.63) is 61.2 Å². The average molecular weight is 290 g/mol. The number of hydrogen-bond acceptors (Lipinski definition) is 4. The number of para-hydroxylation sites is 1. The molecule has 0 saturated carbocycles. The number of fused-ring (bicyclic) bond motifs is 1. The number of rotatable bonds is 3. The zero-order chi connectivity index (χ0) is 14.9. The van der Waals surface area contributed by atoms with Gasteiger partial charge in [0.2, 0.25) is 0 Å². The summed E-state index contributed by atoms with van der Waals surface area (Å²) in [5.74, 6) is 0.782. The Morgan fingerprint density at radius 2 is 1.86 bits per heavy atom. The molecule has 0 bridgehead atoms. The van der Waals surface area contributed by atoms with E-state index in [1.807, 2.05) is 68.2 Å². The lowest BCUT2D eigenvalue weighted by atomic mass is 10.2. The van der Waals surface area contributed by atoms with Crippen LogP contribution in [-0.2, 0) is 7.05 Å². The molecule has 0 radical (unpaired) electrons. The minimum atomic E-state index is 0.782. The van der Waals surface area contributed by atoms with E-state index in [-0.39, 0.29) is 0 Å². The molecule has 3 aromatic heterocycles. The molecule has 1 N–H and O–H groups in total. The van der Waals surface area contributed by atoms with Crippen molar-refractivity contribution < 1.29 is 0 Å². The number of anilines is 2. The minimum absolute atomic E-state index is 0.782. The zero-order valence-electron chi connectivity index (χ0n) is 12.0. The van der Waals surface area contributed by atoms with Crippen molar-refractivity contribution in [2.75, 3.05) is 5.32 Å². The molecular formula is C16H14N6. The molecular weight excluding hydrogens is 276 g/mol. The molecule has 0 amide bonds. The first-order chi connectivity index (χ1) is 10.8. The lowest BCUT2D eigenvalue weighted by Crippen LogP contribution is -1.97. The van der Waals surface area contributed by atoms with Crippen LogP contribution < -0.4 is 5.32 Å². The van der Waals surface area contributed by atoms with Gasteiger partial charge in [0.25, 0.3) is 0 Å². The Bertz CT molecular complexity index is 922. The monoisotopic (exact) mass is 290 g/mol. The van der Waals surface area contributed by atoms with Crippen LogP contribution >= 0.6 is 0 Å². The Morgan fingerprint density at radius 1 is 1.00 bits per heavy atom. The van der Waals surface area contributed by atoms with E-state index in [0.29, 0.717) is 0 Å². The van der Waals surface area contributed by atoms with E-state index in [4.69, 9.17) is 0 Å². The molecule has 0 saturated heterocycles. The third-order valence-electron chi connectivity index (χ3n) is 3.43. The van der Waals surface area contributed by atoms with Crippen molar-refractivity contribution in [1.29, 1.82) is 0 Å². The Morgan fingerprint density at radius 3 is 2.64 bits per heavy atom. The molecule has 0 fully saturated rings. The number of hydrogen-bond donors (Lipinski definition) is 1. The molecule has 0 unspecified atom stereocenters. The minimum Gasteiger partial charge on any atom is -0.340 e. The van der Waals surface area contributed by atoms with E-state index in [2.05, 4.69) is 20.5 Å². The second-order valence-electron chi connectivity index (χ2n) is 5.03. The topological polar surface area (TPSA) is 60.0 Å². The summed E-state index contributed by atoms with van der Waals surface area (Å²) < 4.78 is 3.53. The summed E-state index contributed by atoms with van der Waals surface area (Å²) in [5, 5.41) is 11.8. The molecule has 0 aliphatic heterocycles. The van der Waals surface area contributed by atoms with Crippen molar-refractivity contribution in [3.63, 3.8) is 0 Å². The van der Waals surface area contributed by atoms with E-state index >= 15 is 0 Å². The lowest BCUT2D eigenvalue weighted by molar-refractivity contribution is 0.768. The highest BCUT2D eigenvalue weighted by Gasteiger charge is 2.10. The SMILES string of the molecule is Cn1cc(-c2cnn3ccc(Nc4ccccc4)nc23)cn1. The summed E-state index contributed by atoms with van der Waals surface area (Å²) in [6.07, 6.45) is 7.48. The molecule has 0 aliphatic rings. The number of aromatic nitrogens is 5. The quantitative estimate of drug-likeness (QED) is 0.630. The van der Waals surface area contributed by atoms with Crippen LogP contribution in [0.1, 0.15) is 0 Å². The summed E-state index contributed by atoms with van der Waals surface area (Å²) >= 11 is 0. The Labute approximate surface area is 127 Å². The van der Waals surface area contributed by atoms with Gasteiger partial charge < -0.3 is 5.32 Å². The van der Waals surface area contributed by atoms with Gasteiger partial charge in [-0.3, -0.25) is 4.68 Å². The van der Waals surface area contributed by atoms with Gasteiger partial charge in [0.1, 0.15) is 5.82 Å². The van der Waals surface area contributed by atoms with Crippen LogP contribution in [0, 0.1) is 0 Å². The maximum absolute atomic E-state index is 4.67. The van der Waals surface area contributed by atoms with Crippen LogP contribution in [0.2, 0.25) is 0 Å². The van der Waals surface area contributed by atoms with Crippen LogP contribution in [0.3, 0.4) is 0 Å². The normalized spacial score (nSPS) is 11.0. The average Bonchev–Trinajstić information content (AvgIpc) is 3.14. The van der Waals surface area contributed by atoms with Crippen molar-refractivity contribution in [2.24, 2.45) is 7.05 Å². The second-order valence-corrected chi connectivity index (χ2v) is 5.03. The van der Waals surface area contributed by atoms with E-state index in [1.54, 1.807) is 9.20 Å². The maximum atomic E-state index is 4.67. The molecule has 22 heavy (non-hydrogen) atoms. The predicted octanol–water partition coefficient (Wildman–Crippen LogP) is 2.87. The van der Waals surface area contributed by atoms with Gasteiger partial charge in [0.05, 0.1) is 12.4 Å². The van der Waals surface area contributed by atoms with Crippen molar-refractivity contribution in [1.82, 2.24) is 24.4 Å². The Hall–Kier alpha value is -3.15. The van der Waals surface area contributed by atoms with Gasteiger partial charge >= 0.3 is 0 Å². The highest BCUT2D eigenvalue weighted by Crippen LogP contribution is 2.24.